The summed E-state index contributed by atoms with van der Waals surface area (Å²) in [7, 11) is 0. The van der Waals surface area contributed by atoms with Crippen LogP contribution in [-0.2, 0) is 17.8 Å². The van der Waals surface area contributed by atoms with Crippen molar-refractivity contribution >= 4 is 39.4 Å². The van der Waals surface area contributed by atoms with E-state index in [1.165, 1.54) is 0 Å². The SMILES string of the molecule is O=C(O)Cn1c2c(c3ccc4cccnc4c31)CCN(c1ccccc1)C2=O. The van der Waals surface area contributed by atoms with Crippen molar-refractivity contribution < 1.29 is 14.7 Å². The van der Waals surface area contributed by atoms with Gasteiger partial charge in [0, 0.05) is 29.2 Å². The van der Waals surface area contributed by atoms with Crippen molar-refractivity contribution in [1.29, 1.82) is 0 Å². The normalized spacial score (nSPS) is 13.9. The molecule has 138 valence electrons. The van der Waals surface area contributed by atoms with Gasteiger partial charge in [0.25, 0.3) is 5.91 Å². The highest BCUT2D eigenvalue weighted by Crippen LogP contribution is 2.35. The highest BCUT2D eigenvalue weighted by atomic mass is 16.4. The standard InChI is InChI=1S/C22H17N3O3/c26-18(27)13-25-20-16(9-8-14-5-4-11-23-19(14)20)17-10-12-24(22(28)21(17)25)15-6-2-1-3-7-15/h1-9,11H,10,12-13H2,(H,26,27). The largest absolute Gasteiger partial charge is 0.480 e. The molecule has 2 aromatic carbocycles. The van der Waals surface area contributed by atoms with E-state index in [1.807, 2.05) is 54.6 Å². The quantitative estimate of drug-likeness (QED) is 0.598. The fourth-order valence-corrected chi connectivity index (χ4v) is 4.15. The van der Waals surface area contributed by atoms with Crippen LogP contribution in [0.3, 0.4) is 0 Å². The van der Waals surface area contributed by atoms with Gasteiger partial charge in [-0.25, -0.2) is 0 Å². The van der Waals surface area contributed by atoms with Gasteiger partial charge < -0.3 is 14.6 Å². The zero-order valence-electron chi connectivity index (χ0n) is 15.0. The molecule has 6 heteroatoms. The van der Waals surface area contributed by atoms with Gasteiger partial charge >= 0.3 is 5.97 Å². The second-order valence-corrected chi connectivity index (χ2v) is 6.89. The van der Waals surface area contributed by atoms with Crippen LogP contribution < -0.4 is 4.90 Å². The van der Waals surface area contributed by atoms with Gasteiger partial charge in [-0.2, -0.15) is 0 Å². The van der Waals surface area contributed by atoms with Gasteiger partial charge in [-0.3, -0.25) is 14.6 Å². The minimum Gasteiger partial charge on any atom is -0.480 e. The van der Waals surface area contributed by atoms with Gasteiger partial charge in [0.2, 0.25) is 0 Å². The summed E-state index contributed by atoms with van der Waals surface area (Å²) in [5.74, 6) is -1.16. The summed E-state index contributed by atoms with van der Waals surface area (Å²) in [6, 6.07) is 17.2. The van der Waals surface area contributed by atoms with Crippen LogP contribution in [0.4, 0.5) is 5.69 Å². The molecule has 1 N–H and O–H groups in total. The molecule has 0 bridgehead atoms. The molecule has 1 aliphatic rings. The molecule has 0 spiro atoms. The number of carboxylic acid groups (broad SMARTS) is 1. The summed E-state index contributed by atoms with van der Waals surface area (Å²) in [5.41, 5.74) is 3.60. The second-order valence-electron chi connectivity index (χ2n) is 6.89. The lowest BCUT2D eigenvalue weighted by Crippen LogP contribution is -2.39. The summed E-state index contributed by atoms with van der Waals surface area (Å²) in [6.45, 7) is 0.276. The number of hydrogen-bond acceptors (Lipinski definition) is 3. The minimum absolute atomic E-state index is 0.172. The first-order chi connectivity index (χ1) is 13.6. The minimum atomic E-state index is -0.989. The Labute approximate surface area is 160 Å². The second kappa shape index (κ2) is 6.20. The Bertz CT molecular complexity index is 1240. The number of benzene rings is 2. The fourth-order valence-electron chi connectivity index (χ4n) is 4.15. The van der Waals surface area contributed by atoms with E-state index in [0.717, 1.165) is 27.5 Å². The Kier molecular flexibility index (Phi) is 3.65. The van der Waals surface area contributed by atoms with Gasteiger partial charge in [-0.15, -0.1) is 0 Å². The van der Waals surface area contributed by atoms with Crippen LogP contribution in [0.1, 0.15) is 16.1 Å². The first-order valence-corrected chi connectivity index (χ1v) is 9.12. The van der Waals surface area contributed by atoms with Crippen molar-refractivity contribution in [2.24, 2.45) is 0 Å². The molecule has 2 aromatic heterocycles. The monoisotopic (exact) mass is 371 g/mol. The van der Waals surface area contributed by atoms with Gasteiger partial charge in [-0.05, 0) is 30.2 Å². The molecule has 0 unspecified atom stereocenters. The maximum atomic E-state index is 13.4. The third-order valence-electron chi connectivity index (χ3n) is 5.29. The number of aromatic nitrogens is 2. The third kappa shape index (κ3) is 2.38. The van der Waals surface area contributed by atoms with Crippen molar-refractivity contribution in [3.8, 4) is 0 Å². The molecule has 6 nitrogen and oxygen atoms in total. The number of amides is 1. The summed E-state index contributed by atoms with van der Waals surface area (Å²) >= 11 is 0. The maximum absolute atomic E-state index is 13.4. The number of carbonyl (C=O) groups excluding carboxylic acids is 1. The van der Waals surface area contributed by atoms with Gasteiger partial charge in [0.15, 0.2) is 0 Å². The first-order valence-electron chi connectivity index (χ1n) is 9.12. The summed E-state index contributed by atoms with van der Waals surface area (Å²) in [6.07, 6.45) is 2.36. The summed E-state index contributed by atoms with van der Waals surface area (Å²) < 4.78 is 1.62. The van der Waals surface area contributed by atoms with E-state index in [-0.39, 0.29) is 12.5 Å². The Hall–Kier alpha value is -3.67. The van der Waals surface area contributed by atoms with E-state index in [4.69, 9.17) is 0 Å². The number of pyridine rings is 1. The maximum Gasteiger partial charge on any atom is 0.323 e. The van der Waals surface area contributed by atoms with Crippen LogP contribution >= 0.6 is 0 Å². The van der Waals surface area contributed by atoms with Crippen molar-refractivity contribution in [3.05, 3.63) is 72.1 Å². The number of anilines is 1. The third-order valence-corrected chi connectivity index (χ3v) is 5.29. The highest BCUT2D eigenvalue weighted by molar-refractivity contribution is 6.15. The van der Waals surface area contributed by atoms with Gasteiger partial charge in [0.1, 0.15) is 12.2 Å². The number of nitrogens with zero attached hydrogens (tertiary/aromatic N) is 3. The van der Waals surface area contributed by atoms with Crippen molar-refractivity contribution in [2.75, 3.05) is 11.4 Å². The summed E-state index contributed by atoms with van der Waals surface area (Å²) in [4.78, 5) is 31.2. The molecule has 0 fully saturated rings. The Morgan fingerprint density at radius 3 is 2.68 bits per heavy atom. The molecule has 0 saturated carbocycles. The molecule has 4 aromatic rings. The number of carbonyl (C=O) groups is 2. The van der Waals surface area contributed by atoms with E-state index >= 15 is 0 Å². The number of para-hydroxylation sites is 1. The zero-order chi connectivity index (χ0) is 19.3. The topological polar surface area (TPSA) is 75.4 Å². The zero-order valence-corrected chi connectivity index (χ0v) is 15.0. The highest BCUT2D eigenvalue weighted by Gasteiger charge is 2.33. The molecule has 0 atom stereocenters. The van der Waals surface area contributed by atoms with Crippen molar-refractivity contribution in [2.45, 2.75) is 13.0 Å². The van der Waals surface area contributed by atoms with E-state index < -0.39 is 5.97 Å². The molecule has 0 radical (unpaired) electrons. The first kappa shape index (κ1) is 16.5. The molecule has 3 heterocycles. The van der Waals surface area contributed by atoms with E-state index in [9.17, 15) is 14.7 Å². The molecule has 1 amide bonds. The summed E-state index contributed by atoms with van der Waals surface area (Å²) in [5, 5.41) is 11.3. The van der Waals surface area contributed by atoms with Crippen LogP contribution in [0.2, 0.25) is 0 Å². The van der Waals surface area contributed by atoms with Crippen LogP contribution in [0.15, 0.2) is 60.8 Å². The number of hydrogen-bond donors (Lipinski definition) is 1. The van der Waals surface area contributed by atoms with E-state index in [1.54, 1.807) is 15.7 Å². The lowest BCUT2D eigenvalue weighted by Gasteiger charge is -2.28. The number of fused-ring (bicyclic) bond motifs is 5. The Balaban J connectivity index is 1.80. The van der Waals surface area contributed by atoms with Crippen LogP contribution in [0.5, 0.6) is 0 Å². The van der Waals surface area contributed by atoms with Crippen LogP contribution in [0.25, 0.3) is 21.8 Å². The number of rotatable bonds is 3. The molecule has 0 aliphatic carbocycles. The molecular formula is C22H17N3O3. The fraction of sp³-hybridized carbons (Fsp3) is 0.136. The van der Waals surface area contributed by atoms with Crippen LogP contribution in [-0.4, -0.2) is 33.1 Å². The van der Waals surface area contributed by atoms with E-state index in [2.05, 4.69) is 4.98 Å². The number of aliphatic carboxylic acids is 1. The molecule has 5 rings (SSSR count). The smallest absolute Gasteiger partial charge is 0.323 e. The average molecular weight is 371 g/mol. The Morgan fingerprint density at radius 1 is 1.07 bits per heavy atom. The molecule has 0 saturated heterocycles. The van der Waals surface area contributed by atoms with E-state index in [0.29, 0.717) is 24.2 Å². The lowest BCUT2D eigenvalue weighted by atomic mass is 10.0. The predicted octanol–water partition coefficient (Wildman–Crippen LogP) is 3.48. The average Bonchev–Trinajstić information content (AvgIpc) is 3.03. The number of carboxylic acids is 1. The molecule has 1 aliphatic heterocycles. The van der Waals surface area contributed by atoms with Gasteiger partial charge in [0.05, 0.1) is 11.0 Å². The van der Waals surface area contributed by atoms with Crippen molar-refractivity contribution in [3.63, 3.8) is 0 Å². The Morgan fingerprint density at radius 2 is 1.89 bits per heavy atom. The van der Waals surface area contributed by atoms with Crippen LogP contribution in [0, 0.1) is 0 Å². The van der Waals surface area contributed by atoms with Gasteiger partial charge in [-0.1, -0.05) is 36.4 Å². The predicted molar refractivity (Wildman–Crippen MR) is 107 cm³/mol. The molecular weight excluding hydrogens is 354 g/mol. The van der Waals surface area contributed by atoms with Crippen molar-refractivity contribution in [1.82, 2.24) is 9.55 Å². The lowest BCUT2D eigenvalue weighted by molar-refractivity contribution is -0.137. The molecule has 28 heavy (non-hydrogen) atoms.